The summed E-state index contributed by atoms with van der Waals surface area (Å²) >= 11 is 0. The molecule has 0 radical (unpaired) electrons. The molecule has 5 aromatic rings. The van der Waals surface area contributed by atoms with Gasteiger partial charge in [-0.25, -0.2) is 0 Å². The minimum absolute atomic E-state index is 0.0240. The van der Waals surface area contributed by atoms with E-state index in [4.69, 9.17) is 0 Å². The average molecular weight is 663 g/mol. The van der Waals surface area contributed by atoms with E-state index in [-0.39, 0.29) is 22.8 Å². The number of hydrogen-bond donors (Lipinski definition) is 0. The standard InChI is InChI=1S/C49H46N2/c1-31-14-13-19-40-38-26-23-35(30-44(38)49(4,5)47(31)40)50(34-22-25-37-36-17-9-11-20-42(36)48(2,3)43(37)29-34)33-24-27-46-41(28-33)39-18-10-12-21-45(39)51(46)32-15-7-6-8-16-32/h6-12,15-18,20-31,41,46H,13-14,19H2,1-5H3. The van der Waals surface area contributed by atoms with Crippen molar-refractivity contribution in [2.75, 3.05) is 9.80 Å². The molecule has 1 aliphatic heterocycles. The molecule has 5 aliphatic rings. The van der Waals surface area contributed by atoms with Crippen LogP contribution in [0.4, 0.5) is 22.7 Å². The van der Waals surface area contributed by atoms with Crippen molar-refractivity contribution in [2.45, 2.75) is 76.7 Å². The minimum atomic E-state index is -0.0743. The van der Waals surface area contributed by atoms with Crippen molar-refractivity contribution in [3.05, 3.63) is 173 Å². The SMILES string of the molecule is CC1CCCC2=C1C(C)(C)c1cc(N(C3=CC4c5ccccc5N(c5ccccc5)C4C=C3)c3ccc4c(c3)C(C)(C)c3ccccc3-4)ccc12. The van der Waals surface area contributed by atoms with Gasteiger partial charge in [0.15, 0.2) is 0 Å². The van der Waals surface area contributed by atoms with Gasteiger partial charge in [-0.05, 0) is 118 Å². The highest BCUT2D eigenvalue weighted by molar-refractivity contribution is 5.87. The molecule has 1 heterocycles. The van der Waals surface area contributed by atoms with Crippen LogP contribution < -0.4 is 9.80 Å². The summed E-state index contributed by atoms with van der Waals surface area (Å²) in [4.78, 5) is 5.08. The van der Waals surface area contributed by atoms with E-state index in [2.05, 4.69) is 178 Å². The third-order valence-corrected chi connectivity index (χ3v) is 13.0. The molecule has 0 fully saturated rings. The Balaban J connectivity index is 1.14. The van der Waals surface area contributed by atoms with Gasteiger partial charge in [0.1, 0.15) is 0 Å². The van der Waals surface area contributed by atoms with E-state index in [1.54, 1.807) is 11.1 Å². The molecule has 2 nitrogen and oxygen atoms in total. The second kappa shape index (κ2) is 11.0. The maximum absolute atomic E-state index is 2.55. The number of allylic oxidation sites excluding steroid dienone is 3. The van der Waals surface area contributed by atoms with Crippen LogP contribution in [-0.2, 0) is 10.8 Å². The molecule has 252 valence electrons. The number of nitrogens with zero attached hydrogens (tertiary/aromatic N) is 2. The van der Waals surface area contributed by atoms with E-state index in [0.29, 0.717) is 5.92 Å². The summed E-state index contributed by atoms with van der Waals surface area (Å²) in [6, 6.07) is 43.7. The van der Waals surface area contributed by atoms with Crippen molar-refractivity contribution in [1.82, 2.24) is 0 Å². The third-order valence-electron chi connectivity index (χ3n) is 13.0. The van der Waals surface area contributed by atoms with Crippen LogP contribution in [0.25, 0.3) is 16.7 Å². The van der Waals surface area contributed by atoms with E-state index in [1.165, 1.54) is 86.7 Å². The monoisotopic (exact) mass is 662 g/mol. The van der Waals surface area contributed by atoms with Crippen LogP contribution in [0.2, 0.25) is 0 Å². The highest BCUT2D eigenvalue weighted by Gasteiger charge is 2.43. The lowest BCUT2D eigenvalue weighted by molar-refractivity contribution is 0.478. The second-order valence-electron chi connectivity index (χ2n) is 16.5. The average Bonchev–Trinajstić information content (AvgIpc) is 3.69. The summed E-state index contributed by atoms with van der Waals surface area (Å²) in [5.41, 5.74) is 19.4. The van der Waals surface area contributed by atoms with Crippen molar-refractivity contribution in [2.24, 2.45) is 5.92 Å². The molecule has 0 saturated carbocycles. The molecule has 5 aromatic carbocycles. The zero-order valence-electron chi connectivity index (χ0n) is 30.4. The predicted molar refractivity (Wildman–Crippen MR) is 214 cm³/mol. The Morgan fingerprint density at radius 1 is 0.667 bits per heavy atom. The fourth-order valence-electron chi connectivity index (χ4n) is 10.7. The zero-order valence-corrected chi connectivity index (χ0v) is 30.4. The molecular formula is C49H46N2. The number of anilines is 4. The van der Waals surface area contributed by atoms with Gasteiger partial charge in [-0.2, -0.15) is 0 Å². The molecule has 10 rings (SSSR count). The largest absolute Gasteiger partial charge is 0.333 e. The van der Waals surface area contributed by atoms with E-state index in [1.807, 2.05) is 0 Å². The summed E-state index contributed by atoms with van der Waals surface area (Å²) in [5.74, 6) is 0.868. The van der Waals surface area contributed by atoms with Gasteiger partial charge in [0.25, 0.3) is 0 Å². The minimum Gasteiger partial charge on any atom is -0.333 e. The van der Waals surface area contributed by atoms with Crippen LogP contribution in [0, 0.1) is 5.92 Å². The molecule has 0 N–H and O–H groups in total. The maximum atomic E-state index is 2.55. The van der Waals surface area contributed by atoms with Gasteiger partial charge >= 0.3 is 0 Å². The summed E-state index contributed by atoms with van der Waals surface area (Å²) in [6.45, 7) is 12.2. The van der Waals surface area contributed by atoms with Gasteiger partial charge in [-0.3, -0.25) is 0 Å². The number of para-hydroxylation sites is 2. The normalized spacial score (nSPS) is 22.8. The first-order valence-electron chi connectivity index (χ1n) is 19.0. The number of benzene rings is 5. The Hall–Kier alpha value is -5.08. The number of hydrogen-bond acceptors (Lipinski definition) is 2. The van der Waals surface area contributed by atoms with Crippen LogP contribution in [0.5, 0.6) is 0 Å². The van der Waals surface area contributed by atoms with E-state index >= 15 is 0 Å². The Morgan fingerprint density at radius 3 is 2.14 bits per heavy atom. The first-order valence-corrected chi connectivity index (χ1v) is 19.0. The second-order valence-corrected chi connectivity index (χ2v) is 16.5. The van der Waals surface area contributed by atoms with Crippen LogP contribution in [0.3, 0.4) is 0 Å². The van der Waals surface area contributed by atoms with E-state index in [0.717, 1.165) is 0 Å². The van der Waals surface area contributed by atoms with Crippen LogP contribution >= 0.6 is 0 Å². The Kier molecular flexibility index (Phi) is 6.60. The number of rotatable bonds is 4. The molecular weight excluding hydrogens is 617 g/mol. The summed E-state index contributed by atoms with van der Waals surface area (Å²) in [5, 5.41) is 0. The van der Waals surface area contributed by atoms with E-state index < -0.39 is 0 Å². The van der Waals surface area contributed by atoms with Crippen molar-refractivity contribution < 1.29 is 0 Å². The number of fused-ring (bicyclic) bond motifs is 8. The molecule has 0 aromatic heterocycles. The molecule has 3 unspecified atom stereocenters. The summed E-state index contributed by atoms with van der Waals surface area (Å²) in [7, 11) is 0. The lowest BCUT2D eigenvalue weighted by Crippen LogP contribution is -2.31. The van der Waals surface area contributed by atoms with Crippen LogP contribution in [0.15, 0.2) is 145 Å². The smallest absolute Gasteiger partial charge is 0.0631 e. The van der Waals surface area contributed by atoms with Gasteiger partial charge in [0.05, 0.1) is 6.04 Å². The summed E-state index contributed by atoms with van der Waals surface area (Å²) in [6.07, 6.45) is 11.2. The Bertz CT molecular complexity index is 2330. The Morgan fingerprint density at radius 2 is 1.33 bits per heavy atom. The molecule has 4 aliphatic carbocycles. The van der Waals surface area contributed by atoms with Crippen molar-refractivity contribution in [3.63, 3.8) is 0 Å². The third kappa shape index (κ3) is 4.35. The van der Waals surface area contributed by atoms with Crippen LogP contribution in [-0.4, -0.2) is 6.04 Å². The topological polar surface area (TPSA) is 6.48 Å². The summed E-state index contributed by atoms with van der Waals surface area (Å²) < 4.78 is 0. The van der Waals surface area contributed by atoms with Gasteiger partial charge in [-0.15, -0.1) is 0 Å². The first-order chi connectivity index (χ1) is 24.7. The lowest BCUT2D eigenvalue weighted by Gasteiger charge is -2.35. The molecule has 0 saturated heterocycles. The zero-order chi connectivity index (χ0) is 34.6. The Labute approximate surface area is 303 Å². The fourth-order valence-corrected chi connectivity index (χ4v) is 10.7. The molecule has 51 heavy (non-hydrogen) atoms. The van der Waals surface area contributed by atoms with Crippen LogP contribution in [0.1, 0.15) is 87.6 Å². The quantitative estimate of drug-likeness (QED) is 0.189. The highest BCUT2D eigenvalue weighted by atomic mass is 15.2. The molecule has 3 atom stereocenters. The van der Waals surface area contributed by atoms with Crippen molar-refractivity contribution in [1.29, 1.82) is 0 Å². The van der Waals surface area contributed by atoms with Crippen molar-refractivity contribution >= 4 is 28.3 Å². The lowest BCUT2D eigenvalue weighted by atomic mass is 9.72. The first kappa shape index (κ1) is 30.7. The van der Waals surface area contributed by atoms with Crippen molar-refractivity contribution in [3.8, 4) is 11.1 Å². The predicted octanol–water partition coefficient (Wildman–Crippen LogP) is 12.8. The fraction of sp³-hybridized carbons (Fsp3) is 0.265. The molecule has 2 heteroatoms. The molecule has 0 spiro atoms. The highest BCUT2D eigenvalue weighted by Crippen LogP contribution is 2.56. The van der Waals surface area contributed by atoms with Gasteiger partial charge in [-0.1, -0.05) is 125 Å². The molecule has 0 amide bonds. The molecule has 0 bridgehead atoms. The van der Waals surface area contributed by atoms with Gasteiger partial charge < -0.3 is 9.80 Å². The van der Waals surface area contributed by atoms with Gasteiger partial charge in [0.2, 0.25) is 0 Å². The van der Waals surface area contributed by atoms with Gasteiger partial charge in [0, 0.05) is 45.2 Å². The maximum Gasteiger partial charge on any atom is 0.0631 e. The van der Waals surface area contributed by atoms with E-state index in [9.17, 15) is 0 Å².